The van der Waals surface area contributed by atoms with Gasteiger partial charge in [0.2, 0.25) is 11.8 Å². The van der Waals surface area contributed by atoms with Gasteiger partial charge in [0.05, 0.1) is 17.2 Å². The fourth-order valence-electron chi connectivity index (χ4n) is 5.10. The first-order chi connectivity index (χ1) is 22.9. The van der Waals surface area contributed by atoms with E-state index >= 15 is 0 Å². The lowest BCUT2D eigenvalue weighted by Crippen LogP contribution is -2.54. The number of ether oxygens (including phenoxy) is 1. The number of sulfonamides is 1. The molecule has 12 heteroatoms. The maximum absolute atomic E-state index is 14.7. The summed E-state index contributed by atoms with van der Waals surface area (Å²) in [5.74, 6) is -0.705. The molecule has 0 fully saturated rings. The summed E-state index contributed by atoms with van der Waals surface area (Å²) < 4.78 is 35.7. The fraction of sp³-hybridized carbons (Fsp3) is 0.278. The van der Waals surface area contributed by atoms with Crippen molar-refractivity contribution in [3.8, 4) is 5.75 Å². The third kappa shape index (κ3) is 9.47. The Kier molecular flexibility index (Phi) is 13.2. The summed E-state index contributed by atoms with van der Waals surface area (Å²) in [4.78, 5) is 30.9. The summed E-state index contributed by atoms with van der Waals surface area (Å²) in [6.07, 6.45) is 2.07. The van der Waals surface area contributed by atoms with E-state index < -0.39 is 28.5 Å². The van der Waals surface area contributed by atoms with Gasteiger partial charge in [-0.25, -0.2) is 8.42 Å². The van der Waals surface area contributed by atoms with E-state index in [-0.39, 0.29) is 42.1 Å². The topological polar surface area (TPSA) is 96.0 Å². The maximum Gasteiger partial charge on any atom is 0.264 e. The first-order valence-electron chi connectivity index (χ1n) is 15.4. The van der Waals surface area contributed by atoms with Crippen molar-refractivity contribution >= 4 is 62.5 Å². The van der Waals surface area contributed by atoms with Crippen LogP contribution in [0.3, 0.4) is 0 Å². The molecule has 0 aliphatic carbocycles. The molecule has 8 nitrogen and oxygen atoms in total. The molecule has 48 heavy (non-hydrogen) atoms. The number of benzene rings is 4. The van der Waals surface area contributed by atoms with Crippen molar-refractivity contribution in [2.75, 3.05) is 23.7 Å². The predicted molar refractivity (Wildman–Crippen MR) is 195 cm³/mol. The average Bonchev–Trinajstić information content (AvgIpc) is 3.06. The molecule has 4 aromatic carbocycles. The Balaban J connectivity index is 1.86. The smallest absolute Gasteiger partial charge is 0.264 e. The number of carbonyl (C=O) groups excluding carboxylic acids is 2. The van der Waals surface area contributed by atoms with Crippen molar-refractivity contribution in [3.05, 3.63) is 118 Å². The van der Waals surface area contributed by atoms with E-state index in [0.29, 0.717) is 21.4 Å². The number of hydrogen-bond donors (Lipinski definition) is 1. The van der Waals surface area contributed by atoms with Crippen molar-refractivity contribution in [2.24, 2.45) is 0 Å². The second-order valence-corrected chi connectivity index (χ2v) is 14.8. The molecule has 0 bridgehead atoms. The lowest BCUT2D eigenvalue weighted by Gasteiger charge is -2.34. The molecular formula is C36H39Cl2N3O5S2. The highest BCUT2D eigenvalue weighted by Crippen LogP contribution is 2.34. The third-order valence-corrected chi connectivity index (χ3v) is 10.5. The highest BCUT2D eigenvalue weighted by atomic mass is 35.5. The van der Waals surface area contributed by atoms with Crippen molar-refractivity contribution < 1.29 is 22.7 Å². The molecule has 1 N–H and O–H groups in total. The molecule has 0 heterocycles. The third-order valence-electron chi connectivity index (χ3n) is 7.42. The summed E-state index contributed by atoms with van der Waals surface area (Å²) in [5.41, 5.74) is 1.56. The van der Waals surface area contributed by atoms with Crippen molar-refractivity contribution in [1.82, 2.24) is 10.2 Å². The highest BCUT2D eigenvalue weighted by Gasteiger charge is 2.36. The summed E-state index contributed by atoms with van der Waals surface area (Å²) in [5, 5.41) is 3.67. The zero-order valence-corrected chi connectivity index (χ0v) is 30.4. The second-order valence-electron chi connectivity index (χ2n) is 11.2. The number of para-hydroxylation sites is 2. The highest BCUT2D eigenvalue weighted by molar-refractivity contribution is 7.98. The fourth-order valence-corrected chi connectivity index (χ4v) is 7.40. The van der Waals surface area contributed by atoms with E-state index in [2.05, 4.69) is 5.32 Å². The van der Waals surface area contributed by atoms with Gasteiger partial charge in [-0.15, -0.1) is 11.8 Å². The van der Waals surface area contributed by atoms with Crippen LogP contribution in [0, 0.1) is 0 Å². The number of thioether (sulfide) groups is 1. The number of amides is 2. The maximum atomic E-state index is 14.7. The van der Waals surface area contributed by atoms with Gasteiger partial charge in [0.25, 0.3) is 10.0 Å². The van der Waals surface area contributed by atoms with Crippen LogP contribution >= 0.6 is 35.0 Å². The normalized spacial score (nSPS) is 12.0. The molecule has 0 aromatic heterocycles. The number of carbonyl (C=O) groups is 2. The van der Waals surface area contributed by atoms with E-state index in [1.165, 1.54) is 28.8 Å². The van der Waals surface area contributed by atoms with Gasteiger partial charge in [-0.1, -0.05) is 71.7 Å². The van der Waals surface area contributed by atoms with Crippen LogP contribution in [0.25, 0.3) is 0 Å². The molecular weight excluding hydrogens is 689 g/mol. The molecule has 0 spiro atoms. The predicted octanol–water partition coefficient (Wildman–Crippen LogP) is 7.47. The Morgan fingerprint density at radius 1 is 0.917 bits per heavy atom. The van der Waals surface area contributed by atoms with Crippen molar-refractivity contribution in [2.45, 2.75) is 55.6 Å². The summed E-state index contributed by atoms with van der Waals surface area (Å²) >= 11 is 14.3. The zero-order valence-electron chi connectivity index (χ0n) is 27.2. The van der Waals surface area contributed by atoms with Crippen molar-refractivity contribution in [1.29, 1.82) is 0 Å². The molecule has 0 aliphatic heterocycles. The SMILES string of the molecule is CCOc1ccccc1N(CC(=O)N(Cc1ccc(Cl)cc1Cl)C(Cc1ccccc1)C(=O)NC(C)C)S(=O)(=O)c1ccc(SC)cc1. The van der Waals surface area contributed by atoms with E-state index in [1.54, 1.807) is 61.5 Å². The Morgan fingerprint density at radius 2 is 1.58 bits per heavy atom. The van der Waals surface area contributed by atoms with E-state index in [1.807, 2.05) is 50.4 Å². The average molecular weight is 729 g/mol. The summed E-state index contributed by atoms with van der Waals surface area (Å²) in [6, 6.07) is 26.1. The van der Waals surface area contributed by atoms with Crippen LogP contribution in [-0.4, -0.2) is 56.6 Å². The molecule has 0 saturated carbocycles. The number of halogens is 2. The molecule has 1 unspecified atom stereocenters. The lowest BCUT2D eigenvalue weighted by molar-refractivity contribution is -0.140. The molecule has 0 radical (unpaired) electrons. The second kappa shape index (κ2) is 17.1. The monoisotopic (exact) mass is 727 g/mol. The Labute approximate surface area is 297 Å². The summed E-state index contributed by atoms with van der Waals surface area (Å²) in [6.45, 7) is 5.03. The Bertz CT molecular complexity index is 1810. The number of nitrogens with one attached hydrogen (secondary N) is 1. The van der Waals surface area contributed by atoms with Gasteiger partial charge in [0.15, 0.2) is 0 Å². The number of anilines is 1. The van der Waals surface area contributed by atoms with Gasteiger partial charge < -0.3 is 15.0 Å². The largest absolute Gasteiger partial charge is 0.492 e. The van der Waals surface area contributed by atoms with E-state index in [4.69, 9.17) is 27.9 Å². The quantitative estimate of drug-likeness (QED) is 0.128. The minimum atomic E-state index is -4.31. The minimum absolute atomic E-state index is 0.00471. The number of hydrogen-bond acceptors (Lipinski definition) is 6. The van der Waals surface area contributed by atoms with Crippen LogP contribution in [0.4, 0.5) is 5.69 Å². The Morgan fingerprint density at radius 3 is 2.21 bits per heavy atom. The zero-order chi connectivity index (χ0) is 34.8. The Hall–Kier alpha value is -3.70. The van der Waals surface area contributed by atoms with Crippen LogP contribution in [-0.2, 0) is 32.6 Å². The van der Waals surface area contributed by atoms with Crippen LogP contribution in [0.15, 0.2) is 107 Å². The molecule has 254 valence electrons. The summed E-state index contributed by atoms with van der Waals surface area (Å²) in [7, 11) is -4.31. The van der Waals surface area contributed by atoms with Crippen molar-refractivity contribution in [3.63, 3.8) is 0 Å². The number of rotatable bonds is 15. The standard InChI is InChI=1S/C36H39Cl2N3O5S2/c1-5-46-34-14-10-9-13-32(34)41(48(44,45)30-19-17-29(47-4)18-20-30)24-35(42)40(23-27-15-16-28(37)22-31(27)38)33(36(43)39-25(2)3)21-26-11-7-6-8-12-26/h6-20,22,25,33H,5,21,23-24H2,1-4H3,(H,39,43). The molecule has 2 amide bonds. The first-order valence-corrected chi connectivity index (χ1v) is 18.8. The van der Waals surface area contributed by atoms with Gasteiger partial charge in [0, 0.05) is 33.9 Å². The van der Waals surface area contributed by atoms with Gasteiger partial charge >= 0.3 is 0 Å². The van der Waals surface area contributed by atoms with E-state index in [0.717, 1.165) is 14.8 Å². The van der Waals surface area contributed by atoms with Crippen LogP contribution in [0.5, 0.6) is 5.75 Å². The molecule has 0 saturated heterocycles. The van der Waals surface area contributed by atoms with Crippen LogP contribution in [0.2, 0.25) is 10.0 Å². The minimum Gasteiger partial charge on any atom is -0.492 e. The number of nitrogens with zero attached hydrogens (tertiary/aromatic N) is 2. The molecule has 4 rings (SSSR count). The van der Waals surface area contributed by atoms with Gasteiger partial charge in [0.1, 0.15) is 18.3 Å². The van der Waals surface area contributed by atoms with Gasteiger partial charge in [-0.05, 0) is 86.7 Å². The van der Waals surface area contributed by atoms with Gasteiger partial charge in [-0.2, -0.15) is 0 Å². The van der Waals surface area contributed by atoms with Gasteiger partial charge in [-0.3, -0.25) is 13.9 Å². The molecule has 4 aromatic rings. The van der Waals surface area contributed by atoms with Crippen LogP contribution in [0.1, 0.15) is 31.9 Å². The molecule has 0 aliphatic rings. The van der Waals surface area contributed by atoms with E-state index in [9.17, 15) is 18.0 Å². The van der Waals surface area contributed by atoms with Crippen LogP contribution < -0.4 is 14.4 Å². The first kappa shape index (κ1) is 37.1. The molecule has 1 atom stereocenters. The lowest BCUT2D eigenvalue weighted by atomic mass is 10.0.